The molecule has 2 aliphatic rings. The quantitative estimate of drug-likeness (QED) is 0.827. The molecular weight excluding hydrogens is 284 g/mol. The van der Waals surface area contributed by atoms with Crippen LogP contribution in [0.1, 0.15) is 6.42 Å². The Morgan fingerprint density at radius 3 is 2.77 bits per heavy atom. The van der Waals surface area contributed by atoms with Gasteiger partial charge in [-0.1, -0.05) is 12.1 Å². The van der Waals surface area contributed by atoms with E-state index in [1.165, 1.54) is 0 Å². The van der Waals surface area contributed by atoms with Crippen molar-refractivity contribution >= 4 is 11.8 Å². The molecule has 0 unspecified atom stereocenters. The summed E-state index contributed by atoms with van der Waals surface area (Å²) in [6, 6.07) is 7.50. The third-order valence-corrected chi connectivity index (χ3v) is 4.11. The molecule has 1 fully saturated rings. The van der Waals surface area contributed by atoms with E-state index < -0.39 is 0 Å². The molecule has 6 nitrogen and oxygen atoms in total. The van der Waals surface area contributed by atoms with Crippen LogP contribution in [-0.4, -0.2) is 61.5 Å². The van der Waals surface area contributed by atoms with Gasteiger partial charge >= 0.3 is 0 Å². The first-order valence-corrected chi connectivity index (χ1v) is 7.42. The SMILES string of the molecule is CN1C[C@@H](C(=O)N(C)C[C@H]2COc3ccccc3O2)CC1=O. The van der Waals surface area contributed by atoms with Gasteiger partial charge in [0.2, 0.25) is 11.8 Å². The molecule has 0 aromatic heterocycles. The molecule has 0 N–H and O–H groups in total. The molecule has 118 valence electrons. The van der Waals surface area contributed by atoms with Crippen molar-refractivity contribution in [1.82, 2.24) is 9.80 Å². The third kappa shape index (κ3) is 2.86. The fraction of sp³-hybridized carbons (Fsp3) is 0.500. The Morgan fingerprint density at radius 1 is 1.36 bits per heavy atom. The summed E-state index contributed by atoms with van der Waals surface area (Å²) in [6.07, 6.45) is 0.100. The number of hydrogen-bond donors (Lipinski definition) is 0. The van der Waals surface area contributed by atoms with E-state index in [4.69, 9.17) is 9.47 Å². The molecule has 2 atom stereocenters. The van der Waals surface area contributed by atoms with Crippen LogP contribution in [0.15, 0.2) is 24.3 Å². The summed E-state index contributed by atoms with van der Waals surface area (Å²) >= 11 is 0. The number of carbonyl (C=O) groups excluding carboxylic acids is 2. The van der Waals surface area contributed by atoms with Crippen molar-refractivity contribution in [3.05, 3.63) is 24.3 Å². The number of benzene rings is 1. The molecule has 1 aromatic carbocycles. The average molecular weight is 304 g/mol. The molecule has 2 amide bonds. The molecule has 0 bridgehead atoms. The number of ether oxygens (including phenoxy) is 2. The fourth-order valence-electron chi connectivity index (χ4n) is 2.89. The minimum absolute atomic E-state index is 0.0137. The average Bonchev–Trinajstić information content (AvgIpc) is 2.85. The predicted molar refractivity (Wildman–Crippen MR) is 79.7 cm³/mol. The molecule has 1 saturated heterocycles. The van der Waals surface area contributed by atoms with Crippen molar-refractivity contribution in [3.63, 3.8) is 0 Å². The van der Waals surface area contributed by atoms with Gasteiger partial charge in [-0.3, -0.25) is 9.59 Å². The standard InChI is InChI=1S/C16H20N2O4/c1-17-8-11(7-15(17)19)16(20)18(2)9-12-10-21-13-5-3-4-6-14(13)22-12/h3-6,11-12H,7-10H2,1-2H3/t11-,12-/m0/s1. The number of amides is 2. The third-order valence-electron chi connectivity index (χ3n) is 4.11. The van der Waals surface area contributed by atoms with Crippen molar-refractivity contribution in [2.45, 2.75) is 12.5 Å². The minimum Gasteiger partial charge on any atom is -0.486 e. The molecular formula is C16H20N2O4. The number of hydrogen-bond acceptors (Lipinski definition) is 4. The minimum atomic E-state index is -0.251. The van der Waals surface area contributed by atoms with Crippen molar-refractivity contribution in [2.75, 3.05) is 33.8 Å². The molecule has 0 spiro atoms. The van der Waals surface area contributed by atoms with Gasteiger partial charge in [0.15, 0.2) is 17.6 Å². The smallest absolute Gasteiger partial charge is 0.227 e. The van der Waals surface area contributed by atoms with Crippen LogP contribution in [0.5, 0.6) is 11.5 Å². The van der Waals surface area contributed by atoms with E-state index >= 15 is 0 Å². The lowest BCUT2D eigenvalue weighted by Crippen LogP contribution is -2.44. The highest BCUT2D eigenvalue weighted by atomic mass is 16.6. The van der Waals surface area contributed by atoms with Crippen molar-refractivity contribution in [1.29, 1.82) is 0 Å². The van der Waals surface area contributed by atoms with E-state index in [1.807, 2.05) is 24.3 Å². The zero-order chi connectivity index (χ0) is 15.7. The van der Waals surface area contributed by atoms with Crippen LogP contribution >= 0.6 is 0 Å². The molecule has 0 saturated carbocycles. The molecule has 2 heterocycles. The summed E-state index contributed by atoms with van der Waals surface area (Å²) in [5.74, 6) is 1.20. The number of rotatable bonds is 3. The second kappa shape index (κ2) is 5.87. The van der Waals surface area contributed by atoms with E-state index in [-0.39, 0.29) is 23.8 Å². The molecule has 2 aliphatic heterocycles. The molecule has 6 heteroatoms. The highest BCUT2D eigenvalue weighted by molar-refractivity contribution is 5.89. The monoisotopic (exact) mass is 304 g/mol. The maximum absolute atomic E-state index is 12.4. The number of likely N-dealkylation sites (N-methyl/N-ethyl adjacent to an activating group) is 1. The second-order valence-corrected chi connectivity index (χ2v) is 5.89. The lowest BCUT2D eigenvalue weighted by molar-refractivity contribution is -0.135. The number of carbonyl (C=O) groups is 2. The van der Waals surface area contributed by atoms with Gasteiger partial charge in [0.05, 0.1) is 12.5 Å². The largest absolute Gasteiger partial charge is 0.486 e. The van der Waals surface area contributed by atoms with Gasteiger partial charge in [-0.05, 0) is 12.1 Å². The van der Waals surface area contributed by atoms with Crippen molar-refractivity contribution in [2.24, 2.45) is 5.92 Å². The number of fused-ring (bicyclic) bond motifs is 1. The Bertz CT molecular complexity index is 589. The number of para-hydroxylation sites is 2. The van der Waals surface area contributed by atoms with Crippen LogP contribution in [0, 0.1) is 5.92 Å². The summed E-state index contributed by atoms with van der Waals surface area (Å²) in [5.41, 5.74) is 0. The molecule has 22 heavy (non-hydrogen) atoms. The Balaban J connectivity index is 1.57. The van der Waals surface area contributed by atoms with Crippen LogP contribution in [0.3, 0.4) is 0 Å². The second-order valence-electron chi connectivity index (χ2n) is 5.89. The summed E-state index contributed by atoms with van der Waals surface area (Å²) in [4.78, 5) is 27.2. The van der Waals surface area contributed by atoms with E-state index in [9.17, 15) is 9.59 Å². The van der Waals surface area contributed by atoms with Gasteiger partial charge < -0.3 is 19.3 Å². The Kier molecular flexibility index (Phi) is 3.92. The zero-order valence-corrected chi connectivity index (χ0v) is 12.8. The van der Waals surface area contributed by atoms with Crippen molar-refractivity contribution < 1.29 is 19.1 Å². The summed E-state index contributed by atoms with van der Waals surface area (Å²) in [5, 5.41) is 0. The van der Waals surface area contributed by atoms with Gasteiger partial charge in [-0.25, -0.2) is 0 Å². The molecule has 3 rings (SSSR count). The molecule has 0 radical (unpaired) electrons. The van der Waals surface area contributed by atoms with Gasteiger partial charge in [0, 0.05) is 27.1 Å². The maximum atomic E-state index is 12.4. The van der Waals surface area contributed by atoms with Crippen LogP contribution in [0.4, 0.5) is 0 Å². The normalized spacial score (nSPS) is 23.5. The Morgan fingerprint density at radius 2 is 2.09 bits per heavy atom. The summed E-state index contributed by atoms with van der Waals surface area (Å²) < 4.78 is 11.5. The predicted octanol–water partition coefficient (Wildman–Crippen LogP) is 0.763. The molecule has 1 aromatic rings. The maximum Gasteiger partial charge on any atom is 0.227 e. The summed E-state index contributed by atoms with van der Waals surface area (Å²) in [6.45, 7) is 1.35. The number of nitrogens with zero attached hydrogens (tertiary/aromatic N) is 2. The lowest BCUT2D eigenvalue weighted by Gasteiger charge is -2.30. The van der Waals surface area contributed by atoms with E-state index in [0.29, 0.717) is 31.9 Å². The van der Waals surface area contributed by atoms with Crippen LogP contribution in [-0.2, 0) is 9.59 Å². The zero-order valence-electron chi connectivity index (χ0n) is 12.8. The van der Waals surface area contributed by atoms with Gasteiger partial charge in [0.25, 0.3) is 0 Å². The van der Waals surface area contributed by atoms with E-state index in [0.717, 1.165) is 5.75 Å². The molecule has 0 aliphatic carbocycles. The fourth-order valence-corrected chi connectivity index (χ4v) is 2.89. The Hall–Kier alpha value is -2.24. The highest BCUT2D eigenvalue weighted by Crippen LogP contribution is 2.31. The lowest BCUT2D eigenvalue weighted by atomic mass is 10.1. The first-order chi connectivity index (χ1) is 10.5. The topological polar surface area (TPSA) is 59.1 Å². The van der Waals surface area contributed by atoms with Crippen LogP contribution in [0.2, 0.25) is 0 Å². The van der Waals surface area contributed by atoms with Gasteiger partial charge in [-0.15, -0.1) is 0 Å². The van der Waals surface area contributed by atoms with E-state index in [1.54, 1.807) is 23.9 Å². The summed E-state index contributed by atoms with van der Waals surface area (Å²) in [7, 11) is 3.47. The van der Waals surface area contributed by atoms with E-state index in [2.05, 4.69) is 0 Å². The van der Waals surface area contributed by atoms with Gasteiger partial charge in [0.1, 0.15) is 6.61 Å². The number of likely N-dealkylation sites (tertiary alicyclic amines) is 1. The first kappa shape index (κ1) is 14.7. The van der Waals surface area contributed by atoms with Gasteiger partial charge in [-0.2, -0.15) is 0 Å². The van der Waals surface area contributed by atoms with Crippen LogP contribution in [0.25, 0.3) is 0 Å². The highest BCUT2D eigenvalue weighted by Gasteiger charge is 2.34. The van der Waals surface area contributed by atoms with Crippen LogP contribution < -0.4 is 9.47 Å². The van der Waals surface area contributed by atoms with Crippen molar-refractivity contribution in [3.8, 4) is 11.5 Å². The first-order valence-electron chi connectivity index (χ1n) is 7.42. The Labute approximate surface area is 129 Å².